The summed E-state index contributed by atoms with van der Waals surface area (Å²) < 4.78 is 29.9. The van der Waals surface area contributed by atoms with E-state index in [4.69, 9.17) is 0 Å². The SMILES string of the molecule is O=C(NC1CCCC1)[C@H](Cc1ccccc1)N(Cc1cccc(Br)c1)C(=O)CN(c1ccc([N+](=O)[O-])cc1)S(=O)(=O)c1ccccc1. The normalized spacial score (nSPS) is 13.9. The number of amides is 2. The first-order valence-electron chi connectivity index (χ1n) is 15.3. The van der Waals surface area contributed by atoms with E-state index in [0.717, 1.165) is 45.6 Å². The summed E-state index contributed by atoms with van der Waals surface area (Å²) in [6, 6.07) is 28.5. The predicted molar refractivity (Wildman–Crippen MR) is 183 cm³/mol. The Morgan fingerprint density at radius 2 is 1.49 bits per heavy atom. The van der Waals surface area contributed by atoms with Crippen LogP contribution in [0.1, 0.15) is 36.8 Å². The van der Waals surface area contributed by atoms with Gasteiger partial charge < -0.3 is 10.2 Å². The van der Waals surface area contributed by atoms with Gasteiger partial charge in [0.15, 0.2) is 0 Å². The van der Waals surface area contributed by atoms with Crippen molar-refractivity contribution >= 4 is 49.1 Å². The highest BCUT2D eigenvalue weighted by Crippen LogP contribution is 2.27. The Balaban J connectivity index is 1.57. The number of halogens is 1. The van der Waals surface area contributed by atoms with Crippen molar-refractivity contribution in [2.75, 3.05) is 10.8 Å². The summed E-state index contributed by atoms with van der Waals surface area (Å²) >= 11 is 3.49. The van der Waals surface area contributed by atoms with Crippen LogP contribution in [0.25, 0.3) is 0 Å². The lowest BCUT2D eigenvalue weighted by Crippen LogP contribution is -2.54. The van der Waals surface area contributed by atoms with E-state index >= 15 is 0 Å². The van der Waals surface area contributed by atoms with Crippen molar-refractivity contribution in [2.45, 2.75) is 55.6 Å². The highest BCUT2D eigenvalue weighted by Gasteiger charge is 2.35. The minimum atomic E-state index is -4.31. The van der Waals surface area contributed by atoms with Gasteiger partial charge in [-0.25, -0.2) is 8.42 Å². The van der Waals surface area contributed by atoms with Crippen molar-refractivity contribution in [1.29, 1.82) is 0 Å². The number of sulfonamides is 1. The molecule has 47 heavy (non-hydrogen) atoms. The largest absolute Gasteiger partial charge is 0.352 e. The van der Waals surface area contributed by atoms with Gasteiger partial charge in [-0.2, -0.15) is 0 Å². The fourth-order valence-electron chi connectivity index (χ4n) is 5.74. The van der Waals surface area contributed by atoms with E-state index < -0.39 is 33.4 Å². The highest BCUT2D eigenvalue weighted by molar-refractivity contribution is 9.10. The number of hydrogen-bond donors (Lipinski definition) is 1. The molecule has 0 radical (unpaired) electrons. The maximum absolute atomic E-state index is 14.6. The summed E-state index contributed by atoms with van der Waals surface area (Å²) in [6.45, 7) is -0.613. The summed E-state index contributed by atoms with van der Waals surface area (Å²) in [5.74, 6) is -0.915. The van der Waals surface area contributed by atoms with Crippen molar-refractivity contribution in [3.05, 3.63) is 135 Å². The molecule has 1 aliphatic rings. The van der Waals surface area contributed by atoms with Gasteiger partial charge in [0.05, 0.1) is 15.5 Å². The molecule has 1 fully saturated rings. The van der Waals surface area contributed by atoms with Crippen LogP contribution < -0.4 is 9.62 Å². The molecule has 4 aromatic rings. The topological polar surface area (TPSA) is 130 Å². The molecule has 1 N–H and O–H groups in total. The molecule has 4 aromatic carbocycles. The third-order valence-electron chi connectivity index (χ3n) is 8.17. The summed E-state index contributed by atoms with van der Waals surface area (Å²) in [6.07, 6.45) is 3.94. The van der Waals surface area contributed by atoms with E-state index in [0.29, 0.717) is 0 Å². The lowest BCUT2D eigenvalue weighted by atomic mass is 10.0. The van der Waals surface area contributed by atoms with E-state index in [1.165, 1.54) is 41.3 Å². The van der Waals surface area contributed by atoms with Crippen LogP contribution in [0.5, 0.6) is 0 Å². The summed E-state index contributed by atoms with van der Waals surface area (Å²) in [5.41, 5.74) is 1.44. The average molecular weight is 720 g/mol. The average Bonchev–Trinajstić information content (AvgIpc) is 3.59. The van der Waals surface area contributed by atoms with Gasteiger partial charge in [0.2, 0.25) is 11.8 Å². The molecule has 0 spiro atoms. The molecule has 0 heterocycles. The van der Waals surface area contributed by atoms with Crippen LogP contribution in [-0.4, -0.2) is 48.7 Å². The number of nitro benzene ring substituents is 1. The first-order valence-corrected chi connectivity index (χ1v) is 17.6. The second-order valence-corrected chi connectivity index (χ2v) is 14.2. The van der Waals surface area contributed by atoms with Crippen LogP contribution in [0, 0.1) is 10.1 Å². The van der Waals surface area contributed by atoms with Gasteiger partial charge in [-0.15, -0.1) is 0 Å². The van der Waals surface area contributed by atoms with Gasteiger partial charge in [-0.3, -0.25) is 24.0 Å². The standard InChI is InChI=1S/C35H35BrN4O6S/c36-28-13-9-12-27(22-28)24-38(33(23-26-10-3-1-4-11-26)35(42)37-29-14-7-8-15-29)34(41)25-39(30-18-20-31(21-19-30)40(43)44)47(45,46)32-16-5-2-6-17-32/h1-6,9-13,16-22,29,33H,7-8,14-15,23-25H2,(H,37,42)/t33-/m0/s1. The van der Waals surface area contributed by atoms with E-state index in [1.807, 2.05) is 54.6 Å². The first-order chi connectivity index (χ1) is 22.6. The number of anilines is 1. The molecule has 0 unspecified atom stereocenters. The zero-order valence-corrected chi connectivity index (χ0v) is 28.0. The number of nitro groups is 1. The van der Waals surface area contributed by atoms with E-state index in [-0.39, 0.29) is 41.2 Å². The van der Waals surface area contributed by atoms with Crippen LogP contribution >= 0.6 is 15.9 Å². The van der Waals surface area contributed by atoms with Gasteiger partial charge in [-0.05, 0) is 60.4 Å². The molecule has 244 valence electrons. The molecule has 10 nitrogen and oxygen atoms in total. The lowest BCUT2D eigenvalue weighted by molar-refractivity contribution is -0.384. The smallest absolute Gasteiger partial charge is 0.269 e. The second kappa shape index (κ2) is 15.4. The number of nitrogens with one attached hydrogen (secondary N) is 1. The Morgan fingerprint density at radius 3 is 2.11 bits per heavy atom. The molecule has 1 saturated carbocycles. The van der Waals surface area contributed by atoms with E-state index in [9.17, 15) is 28.1 Å². The van der Waals surface area contributed by atoms with Crippen molar-refractivity contribution in [2.24, 2.45) is 0 Å². The zero-order valence-electron chi connectivity index (χ0n) is 25.6. The van der Waals surface area contributed by atoms with Crippen molar-refractivity contribution in [3.8, 4) is 0 Å². The van der Waals surface area contributed by atoms with Gasteiger partial charge in [0.1, 0.15) is 12.6 Å². The van der Waals surface area contributed by atoms with Gasteiger partial charge in [0.25, 0.3) is 15.7 Å². The maximum atomic E-state index is 14.6. The Labute approximate surface area is 282 Å². The predicted octanol–water partition coefficient (Wildman–Crippen LogP) is 6.25. The summed E-state index contributed by atoms with van der Waals surface area (Å²) in [4.78, 5) is 40.8. The molecule has 0 bridgehead atoms. The fraction of sp³-hybridized carbons (Fsp3) is 0.257. The minimum Gasteiger partial charge on any atom is -0.352 e. The van der Waals surface area contributed by atoms with Crippen molar-refractivity contribution in [1.82, 2.24) is 10.2 Å². The Hall–Kier alpha value is -4.55. The van der Waals surface area contributed by atoms with Gasteiger partial charge >= 0.3 is 0 Å². The molecule has 1 atom stereocenters. The molecule has 0 aromatic heterocycles. The van der Waals surface area contributed by atoms with E-state index in [2.05, 4.69) is 21.2 Å². The lowest BCUT2D eigenvalue weighted by Gasteiger charge is -2.34. The molecule has 5 rings (SSSR count). The number of carbonyl (C=O) groups is 2. The fourth-order valence-corrected chi connectivity index (χ4v) is 7.62. The maximum Gasteiger partial charge on any atom is 0.269 e. The number of rotatable bonds is 13. The molecule has 2 amide bonds. The van der Waals surface area contributed by atoms with Crippen LogP contribution in [0.15, 0.2) is 119 Å². The third kappa shape index (κ3) is 8.63. The van der Waals surface area contributed by atoms with Crippen molar-refractivity contribution in [3.63, 3.8) is 0 Å². The summed E-state index contributed by atoms with van der Waals surface area (Å²) in [7, 11) is -4.31. The minimum absolute atomic E-state index is 0.00124. The van der Waals surface area contributed by atoms with E-state index in [1.54, 1.807) is 18.2 Å². The monoisotopic (exact) mass is 718 g/mol. The van der Waals surface area contributed by atoms with Gasteiger partial charge in [-0.1, -0.05) is 89.4 Å². The Kier molecular flexibility index (Phi) is 11.0. The molecular formula is C35H35BrN4O6S. The first kappa shape index (κ1) is 33.8. The van der Waals surface area contributed by atoms with Crippen molar-refractivity contribution < 1.29 is 22.9 Å². The highest BCUT2D eigenvalue weighted by atomic mass is 79.9. The van der Waals surface area contributed by atoms with Crippen LogP contribution in [-0.2, 0) is 32.6 Å². The Bertz CT molecular complexity index is 1800. The van der Waals surface area contributed by atoms with Crippen LogP contribution in [0.4, 0.5) is 11.4 Å². The number of nitrogens with zero attached hydrogens (tertiary/aromatic N) is 3. The second-order valence-electron chi connectivity index (χ2n) is 11.4. The molecule has 0 aliphatic heterocycles. The van der Waals surface area contributed by atoms with Gasteiger partial charge in [0, 0.05) is 35.6 Å². The molecule has 12 heteroatoms. The third-order valence-corrected chi connectivity index (χ3v) is 10.5. The Morgan fingerprint density at radius 1 is 0.872 bits per heavy atom. The molecular weight excluding hydrogens is 684 g/mol. The van der Waals surface area contributed by atoms with Crippen LogP contribution in [0.3, 0.4) is 0 Å². The number of hydrogen-bond acceptors (Lipinski definition) is 6. The molecule has 1 aliphatic carbocycles. The summed E-state index contributed by atoms with van der Waals surface area (Å²) in [5, 5.41) is 14.5. The number of carbonyl (C=O) groups excluding carboxylic acids is 2. The number of benzene rings is 4. The van der Waals surface area contributed by atoms with Crippen LogP contribution in [0.2, 0.25) is 0 Å². The number of non-ortho nitro benzene ring substituents is 1. The molecule has 0 saturated heterocycles. The quantitative estimate of drug-likeness (QED) is 0.129. The zero-order chi connectivity index (χ0) is 33.4.